The van der Waals surface area contributed by atoms with Crippen molar-refractivity contribution in [2.75, 3.05) is 6.67 Å². The Hall–Kier alpha value is -0.990. The first-order valence-electron chi connectivity index (χ1n) is 7.62. The Bertz CT molecular complexity index is 326. The number of hydrogen-bond acceptors (Lipinski definition) is 0. The Balaban J connectivity index is 0.000000217. The van der Waals surface area contributed by atoms with Gasteiger partial charge in [0.1, 0.15) is 11.6 Å². The van der Waals surface area contributed by atoms with Gasteiger partial charge in [-0.2, -0.15) is 0 Å². The molecule has 1 aromatic carbocycles. The molecule has 1 aliphatic rings. The Morgan fingerprint density at radius 3 is 1.80 bits per heavy atom. The highest BCUT2D eigenvalue weighted by atomic mass is 19.1. The maximum absolute atomic E-state index is 12.0. The van der Waals surface area contributed by atoms with Crippen LogP contribution < -0.4 is 0 Å². The van der Waals surface area contributed by atoms with Gasteiger partial charge in [0.15, 0.2) is 0 Å². The second-order valence-corrected chi connectivity index (χ2v) is 5.59. The van der Waals surface area contributed by atoms with Gasteiger partial charge in [-0.1, -0.05) is 51.5 Å². The van der Waals surface area contributed by atoms with Gasteiger partial charge in [-0.05, 0) is 30.4 Å². The van der Waals surface area contributed by atoms with Crippen molar-refractivity contribution in [3.63, 3.8) is 0 Å². The van der Waals surface area contributed by atoms with Gasteiger partial charge in [0.2, 0.25) is 0 Å². The van der Waals surface area contributed by atoms with E-state index in [1.807, 2.05) is 0 Å². The molecule has 0 atom stereocenters. The molecule has 0 heterocycles. The number of halogens is 3. The van der Waals surface area contributed by atoms with Gasteiger partial charge in [-0.3, -0.25) is 4.39 Å². The summed E-state index contributed by atoms with van der Waals surface area (Å²) in [6.07, 6.45) is 8.82. The summed E-state index contributed by atoms with van der Waals surface area (Å²) < 4.78 is 35.9. The molecule has 1 fully saturated rings. The fourth-order valence-electron chi connectivity index (χ4n) is 2.83. The summed E-state index contributed by atoms with van der Waals surface area (Å²) in [6, 6.07) is 4.55. The van der Waals surface area contributed by atoms with Crippen LogP contribution in [0.3, 0.4) is 0 Å². The molecule has 0 radical (unpaired) electrons. The average molecular weight is 286 g/mol. The minimum absolute atomic E-state index is 0.108. The van der Waals surface area contributed by atoms with E-state index < -0.39 is 11.6 Å². The van der Waals surface area contributed by atoms with Gasteiger partial charge in [0.25, 0.3) is 0 Å². The molecule has 20 heavy (non-hydrogen) atoms. The number of rotatable bonds is 4. The van der Waals surface area contributed by atoms with E-state index in [-0.39, 0.29) is 6.67 Å². The van der Waals surface area contributed by atoms with Crippen LogP contribution in [0, 0.1) is 23.5 Å². The van der Waals surface area contributed by atoms with Crippen LogP contribution in [0.25, 0.3) is 0 Å². The van der Waals surface area contributed by atoms with Crippen LogP contribution in [-0.2, 0) is 0 Å². The van der Waals surface area contributed by atoms with Crippen LogP contribution in [0.1, 0.15) is 51.9 Å². The lowest BCUT2D eigenvalue weighted by Gasteiger charge is -2.27. The molecule has 0 N–H and O–H groups in total. The van der Waals surface area contributed by atoms with E-state index in [1.165, 1.54) is 56.7 Å². The molecule has 0 aliphatic heterocycles. The van der Waals surface area contributed by atoms with E-state index in [1.54, 1.807) is 0 Å². The molecule has 0 unspecified atom stereocenters. The van der Waals surface area contributed by atoms with Crippen LogP contribution in [0.2, 0.25) is 0 Å². The monoisotopic (exact) mass is 286 g/mol. The Kier molecular flexibility index (Phi) is 8.40. The predicted octanol–water partition coefficient (Wildman–Crippen LogP) is 5.92. The van der Waals surface area contributed by atoms with E-state index in [9.17, 15) is 13.2 Å². The van der Waals surface area contributed by atoms with E-state index in [0.29, 0.717) is 5.92 Å². The van der Waals surface area contributed by atoms with Gasteiger partial charge < -0.3 is 0 Å². The van der Waals surface area contributed by atoms with Crippen LogP contribution in [-0.4, -0.2) is 6.67 Å². The van der Waals surface area contributed by atoms with Crippen molar-refractivity contribution < 1.29 is 13.2 Å². The molecule has 1 aliphatic carbocycles. The summed E-state index contributed by atoms with van der Waals surface area (Å²) in [5, 5.41) is 0. The molecule has 2 rings (SSSR count). The van der Waals surface area contributed by atoms with E-state index >= 15 is 0 Å². The Morgan fingerprint density at radius 1 is 0.950 bits per heavy atom. The molecule has 0 amide bonds. The zero-order chi connectivity index (χ0) is 14.8. The van der Waals surface area contributed by atoms with Crippen molar-refractivity contribution in [3.05, 3.63) is 35.9 Å². The minimum Gasteiger partial charge on any atom is -0.251 e. The van der Waals surface area contributed by atoms with Crippen molar-refractivity contribution in [2.45, 2.75) is 51.9 Å². The third-order valence-electron chi connectivity index (χ3n) is 3.97. The topological polar surface area (TPSA) is 0 Å². The minimum atomic E-state index is -0.537. The summed E-state index contributed by atoms with van der Waals surface area (Å²) in [4.78, 5) is 0. The lowest BCUT2D eigenvalue weighted by Crippen LogP contribution is -2.14. The number of alkyl halides is 1. The molecule has 3 heteroatoms. The zero-order valence-electron chi connectivity index (χ0n) is 12.3. The van der Waals surface area contributed by atoms with Crippen molar-refractivity contribution in [2.24, 2.45) is 11.8 Å². The molecular weight excluding hydrogens is 261 g/mol. The lowest BCUT2D eigenvalue weighted by atomic mass is 9.79. The first-order valence-corrected chi connectivity index (χ1v) is 7.62. The smallest absolute Gasteiger partial charge is 0.126 e. The van der Waals surface area contributed by atoms with Crippen LogP contribution in [0.15, 0.2) is 24.3 Å². The normalized spacial score (nSPS) is 22.0. The highest BCUT2D eigenvalue weighted by Crippen LogP contribution is 2.32. The van der Waals surface area contributed by atoms with Crippen molar-refractivity contribution in [3.8, 4) is 0 Å². The average Bonchev–Trinajstić information content (AvgIpc) is 2.42. The lowest BCUT2D eigenvalue weighted by molar-refractivity contribution is 0.238. The summed E-state index contributed by atoms with van der Waals surface area (Å²) >= 11 is 0. The van der Waals surface area contributed by atoms with Crippen LogP contribution >= 0.6 is 0 Å². The predicted molar refractivity (Wildman–Crippen MR) is 77.3 cm³/mol. The molecule has 114 valence electrons. The first-order chi connectivity index (χ1) is 9.65. The number of hydrogen-bond donors (Lipinski definition) is 0. The molecule has 1 saturated carbocycles. The van der Waals surface area contributed by atoms with Gasteiger partial charge >= 0.3 is 0 Å². The van der Waals surface area contributed by atoms with Crippen molar-refractivity contribution >= 4 is 0 Å². The summed E-state index contributed by atoms with van der Waals surface area (Å²) in [6.45, 7) is 2.15. The maximum Gasteiger partial charge on any atom is 0.126 e. The standard InChI is InChI=1S/C11H21F.C6H4F2/c1-2-3-10-4-6-11(7-5-10)8-9-12;7-5-2-1-3-6(8)4-5/h10-11H,2-9H2,1H3;1-4H. The van der Waals surface area contributed by atoms with E-state index in [0.717, 1.165) is 18.4 Å². The van der Waals surface area contributed by atoms with E-state index in [2.05, 4.69) is 6.92 Å². The zero-order valence-corrected chi connectivity index (χ0v) is 12.3. The second-order valence-electron chi connectivity index (χ2n) is 5.59. The Morgan fingerprint density at radius 2 is 1.45 bits per heavy atom. The maximum atomic E-state index is 12.0. The SMILES string of the molecule is CCCC1CCC(CCF)CC1.Fc1cccc(F)c1. The summed E-state index contributed by atoms with van der Waals surface area (Å²) in [5.74, 6) is 0.601. The van der Waals surface area contributed by atoms with E-state index in [4.69, 9.17) is 0 Å². The van der Waals surface area contributed by atoms with Crippen molar-refractivity contribution in [1.82, 2.24) is 0 Å². The van der Waals surface area contributed by atoms with Crippen LogP contribution in [0.5, 0.6) is 0 Å². The van der Waals surface area contributed by atoms with Crippen LogP contribution in [0.4, 0.5) is 13.2 Å². The van der Waals surface area contributed by atoms with Gasteiger partial charge in [-0.15, -0.1) is 0 Å². The molecular formula is C17H25F3. The summed E-state index contributed by atoms with van der Waals surface area (Å²) in [5.41, 5.74) is 0. The molecule has 0 nitrogen and oxygen atoms in total. The molecule has 1 aromatic rings. The fourth-order valence-corrected chi connectivity index (χ4v) is 2.83. The second kappa shape index (κ2) is 9.84. The highest BCUT2D eigenvalue weighted by Gasteiger charge is 2.19. The number of benzene rings is 1. The third kappa shape index (κ3) is 6.97. The largest absolute Gasteiger partial charge is 0.251 e. The molecule has 0 spiro atoms. The third-order valence-corrected chi connectivity index (χ3v) is 3.97. The quantitative estimate of drug-likeness (QED) is 0.644. The first kappa shape index (κ1) is 17.1. The molecule has 0 aromatic heterocycles. The van der Waals surface area contributed by atoms with Crippen molar-refractivity contribution in [1.29, 1.82) is 0 Å². The molecule has 0 saturated heterocycles. The Labute approximate surface area is 120 Å². The summed E-state index contributed by atoms with van der Waals surface area (Å²) in [7, 11) is 0. The highest BCUT2D eigenvalue weighted by molar-refractivity contribution is 5.04. The van der Waals surface area contributed by atoms with Gasteiger partial charge in [-0.25, -0.2) is 8.78 Å². The van der Waals surface area contributed by atoms with Gasteiger partial charge in [0, 0.05) is 6.07 Å². The fraction of sp³-hybridized carbons (Fsp3) is 0.647. The molecule has 0 bridgehead atoms. The van der Waals surface area contributed by atoms with Gasteiger partial charge in [0.05, 0.1) is 6.67 Å².